The molecular formula is C66H90ClN5O15S. The van der Waals surface area contributed by atoms with E-state index in [1.54, 1.807) is 94.2 Å². The van der Waals surface area contributed by atoms with Crippen LogP contribution in [-0.4, -0.2) is 161 Å². The lowest BCUT2D eigenvalue weighted by Crippen LogP contribution is -2.64. The van der Waals surface area contributed by atoms with Gasteiger partial charge in [-0.3, -0.25) is 24.2 Å². The molecular weight excluding hydrogens is 1170 g/mol. The van der Waals surface area contributed by atoms with Crippen molar-refractivity contribution in [3.05, 3.63) is 100 Å². The maximum Gasteiger partial charge on any atom is 0.329 e. The van der Waals surface area contributed by atoms with Crippen molar-refractivity contribution in [2.24, 2.45) is 29.6 Å². The summed E-state index contributed by atoms with van der Waals surface area (Å²) in [4.78, 5) is 89.6. The van der Waals surface area contributed by atoms with Gasteiger partial charge in [0.2, 0.25) is 5.79 Å². The zero-order valence-electron chi connectivity index (χ0n) is 52.2. The average Bonchev–Trinajstić information content (AvgIpc) is 1.22. The minimum absolute atomic E-state index is 0.0505. The Bertz CT molecular complexity index is 2950. The number of anilines is 2. The third-order valence-corrected chi connectivity index (χ3v) is 19.0. The van der Waals surface area contributed by atoms with Gasteiger partial charge in [0.15, 0.2) is 0 Å². The summed E-state index contributed by atoms with van der Waals surface area (Å²) in [6.45, 7) is 11.4. The van der Waals surface area contributed by atoms with Crippen LogP contribution in [0.1, 0.15) is 128 Å². The first-order chi connectivity index (χ1) is 42.0. The average molecular weight is 1260 g/mol. The Labute approximate surface area is 526 Å². The van der Waals surface area contributed by atoms with Crippen molar-refractivity contribution in [1.29, 1.82) is 0 Å². The molecule has 88 heavy (non-hydrogen) atoms. The van der Waals surface area contributed by atoms with Crippen LogP contribution in [0.25, 0.3) is 0 Å². The molecule has 20 nitrogen and oxygen atoms in total. The maximum absolute atomic E-state index is 14.7. The molecule has 4 heterocycles. The first kappa shape index (κ1) is 69.7. The van der Waals surface area contributed by atoms with Gasteiger partial charge in [-0.15, -0.1) is 0 Å². The van der Waals surface area contributed by atoms with Gasteiger partial charge in [-0.2, -0.15) is 11.8 Å². The standard InChI is InChI=1S/C66H90ClN5O15S/c1-38-29-39(2)31-57(83-8)60-58(84-9)34-42(5)66(81,87-60)61(76)63(78)72-26-11-10-14-52(72)64(79)86-59(41(4)32-44-15-22-53(73)56(35-44)82-7)43(6)54(74)37-55(75)45(30-38)13-12-27-88-28-25-69-62(77)51-36-49(23-24-68-51)85-48-19-16-46(17-20-48)70-65(80)71-47-18-21-50(67)40(3)33-47/h16-21,23-24,30,32-33,36,39,42-45,52-54,56-60,73-74,81H,10-15,22,25-29,31,34-35,37H2,1-9H3,(H,69,77)(H2,70,71,80)/b38-30+,41-32+/t39-,42+,43+,44-,45+,52-,53+,54-,56+,57-,58-,59+,60+,66+/m0/s1. The molecule has 4 amide bonds. The molecule has 7 rings (SSSR count). The number of esters is 1. The Kier molecular flexibility index (Phi) is 26.0. The first-order valence-corrected chi connectivity index (χ1v) is 32.3. The van der Waals surface area contributed by atoms with Crippen LogP contribution in [0, 0.1) is 36.5 Å². The van der Waals surface area contributed by atoms with Crippen molar-refractivity contribution < 1.29 is 72.5 Å². The normalized spacial score (nSPS) is 30.4. The second-order valence-corrected chi connectivity index (χ2v) is 25.9. The minimum Gasteiger partial charge on any atom is -0.457 e. The number of carbonyl (C=O) groups is 6. The van der Waals surface area contributed by atoms with Crippen LogP contribution in [0.2, 0.25) is 5.02 Å². The van der Waals surface area contributed by atoms with Crippen molar-refractivity contribution in [3.63, 3.8) is 0 Å². The number of methoxy groups -OCH3 is 3. The van der Waals surface area contributed by atoms with E-state index in [0.717, 1.165) is 11.1 Å². The molecule has 1 aliphatic carbocycles. The fraction of sp³-hybridized carbons (Fsp3) is 0.591. The van der Waals surface area contributed by atoms with E-state index in [0.29, 0.717) is 109 Å². The van der Waals surface area contributed by atoms with Crippen LogP contribution in [0.15, 0.2) is 84.1 Å². The predicted molar refractivity (Wildman–Crippen MR) is 336 cm³/mol. The fourth-order valence-electron chi connectivity index (χ4n) is 12.5. The third-order valence-electron chi connectivity index (χ3n) is 17.5. The number of cyclic esters (lactones) is 1. The SMILES string of the molecule is CO[C@H]1C[C@@H](C)C/C(C)=C/[C@@H](CCCSCCNC(=O)c2cc(Oc3ccc(NC(=O)Nc4ccc(Cl)c(C)c4)cc3)ccn2)C(=O)C[C@H](O)[C@@H](C)[C@@H](/C(C)=C/[C@@H]2CC[C@@H](O)[C@H](OC)C2)OC(=O)[C@@H]2CCCCN2C(=O)C(=O)[C@]2(O)O[C@H]1[C@@H](OC)C[C@H]2C. The van der Waals surface area contributed by atoms with E-state index in [1.165, 1.54) is 25.3 Å². The number of nitrogens with zero attached hydrogens (tertiary/aromatic N) is 2. The van der Waals surface area contributed by atoms with Gasteiger partial charge in [0.25, 0.3) is 17.6 Å². The number of piperidine rings is 1. The summed E-state index contributed by atoms with van der Waals surface area (Å²) in [5, 5.41) is 44.1. The van der Waals surface area contributed by atoms with Crippen molar-refractivity contribution in [2.75, 3.05) is 56.6 Å². The van der Waals surface area contributed by atoms with Crippen LogP contribution in [0.3, 0.4) is 0 Å². The number of halogens is 1. The van der Waals surface area contributed by atoms with Crippen molar-refractivity contribution >= 4 is 70.1 Å². The second-order valence-electron chi connectivity index (χ2n) is 24.3. The number of fused-ring (bicyclic) bond motifs is 3. The van der Waals surface area contributed by atoms with E-state index in [9.17, 15) is 44.1 Å². The van der Waals surface area contributed by atoms with E-state index in [2.05, 4.69) is 20.9 Å². The first-order valence-electron chi connectivity index (χ1n) is 30.7. The van der Waals surface area contributed by atoms with Gasteiger partial charge in [-0.25, -0.2) is 9.59 Å². The number of aryl methyl sites for hydroxylation is 1. The number of carbonyl (C=O) groups excluding carboxylic acids is 6. The van der Waals surface area contributed by atoms with E-state index >= 15 is 0 Å². The van der Waals surface area contributed by atoms with Gasteiger partial charge in [0.05, 0.1) is 30.5 Å². The van der Waals surface area contributed by atoms with Gasteiger partial charge in [-0.1, -0.05) is 50.1 Å². The number of rotatable bonds is 17. The number of hydrogen-bond acceptors (Lipinski definition) is 17. The monoisotopic (exact) mass is 1260 g/mol. The number of benzene rings is 2. The predicted octanol–water partition coefficient (Wildman–Crippen LogP) is 9.80. The molecule has 2 aromatic carbocycles. The molecule has 3 aliphatic heterocycles. The van der Waals surface area contributed by atoms with Crippen molar-refractivity contribution in [1.82, 2.24) is 15.2 Å². The summed E-state index contributed by atoms with van der Waals surface area (Å²) in [6, 6.07) is 13.5. The zero-order valence-corrected chi connectivity index (χ0v) is 53.7. The molecule has 0 radical (unpaired) electrons. The summed E-state index contributed by atoms with van der Waals surface area (Å²) in [7, 11) is 4.59. The summed E-state index contributed by atoms with van der Waals surface area (Å²) in [6.07, 6.45) is 4.67. The lowest BCUT2D eigenvalue weighted by molar-refractivity contribution is -0.302. The second kappa shape index (κ2) is 32.8. The van der Waals surface area contributed by atoms with E-state index in [4.69, 9.17) is 40.0 Å². The molecule has 1 saturated carbocycles. The largest absolute Gasteiger partial charge is 0.457 e. The van der Waals surface area contributed by atoms with Gasteiger partial charge < -0.3 is 64.6 Å². The quantitative estimate of drug-likeness (QED) is 0.0318. The summed E-state index contributed by atoms with van der Waals surface area (Å²) >= 11 is 7.73. The Morgan fingerprint density at radius 1 is 0.841 bits per heavy atom. The van der Waals surface area contributed by atoms with Crippen molar-refractivity contribution in [2.45, 2.75) is 173 Å². The topological polar surface area (TPSA) is 271 Å². The van der Waals surface area contributed by atoms with Crippen LogP contribution in [0.4, 0.5) is 16.2 Å². The van der Waals surface area contributed by atoms with Gasteiger partial charge in [-0.05, 0) is 169 Å². The number of ketones is 2. The summed E-state index contributed by atoms with van der Waals surface area (Å²) in [5.74, 6) is -6.47. The third kappa shape index (κ3) is 18.7. The highest BCUT2D eigenvalue weighted by Crippen LogP contribution is 2.40. The van der Waals surface area contributed by atoms with Crippen LogP contribution < -0.4 is 20.7 Å². The lowest BCUT2D eigenvalue weighted by atomic mass is 9.81. The van der Waals surface area contributed by atoms with E-state index in [-0.39, 0.29) is 55.0 Å². The number of nitrogens with one attached hydrogen (secondary N) is 3. The van der Waals surface area contributed by atoms with Crippen LogP contribution >= 0.6 is 23.4 Å². The van der Waals surface area contributed by atoms with Crippen LogP contribution in [-0.2, 0) is 42.9 Å². The number of aliphatic hydroxyl groups is 3. The number of hydrogen-bond donors (Lipinski definition) is 6. The zero-order chi connectivity index (χ0) is 63.8. The Balaban J connectivity index is 1.02. The molecule has 3 aromatic rings. The smallest absolute Gasteiger partial charge is 0.329 e. The Morgan fingerprint density at radius 2 is 1.55 bits per heavy atom. The molecule has 6 N–H and O–H groups in total. The molecule has 3 fully saturated rings. The lowest BCUT2D eigenvalue weighted by Gasteiger charge is -2.47. The Morgan fingerprint density at radius 3 is 2.26 bits per heavy atom. The highest BCUT2D eigenvalue weighted by molar-refractivity contribution is 7.99. The van der Waals surface area contributed by atoms with Crippen molar-refractivity contribution in [3.8, 4) is 11.5 Å². The molecule has 2 saturated heterocycles. The number of aliphatic hydroxyl groups excluding tert-OH is 2. The molecule has 0 spiro atoms. The fourth-order valence-corrected chi connectivity index (χ4v) is 13.4. The summed E-state index contributed by atoms with van der Waals surface area (Å²) in [5.41, 5.74) is 3.69. The molecule has 2 bridgehead atoms. The van der Waals surface area contributed by atoms with Gasteiger partial charge >= 0.3 is 12.0 Å². The molecule has 1 aromatic heterocycles. The number of urea groups is 1. The Hall–Kier alpha value is -5.75. The highest BCUT2D eigenvalue weighted by atomic mass is 35.5. The number of thioether (sulfide) groups is 1. The van der Waals surface area contributed by atoms with E-state index in [1.807, 2.05) is 32.9 Å². The number of Topliss-reactive ketones (excluding diaryl/α,β-unsaturated/α-hetero) is 2. The number of amides is 4. The molecule has 14 atom stereocenters. The maximum atomic E-state index is 14.7. The molecule has 482 valence electrons. The van der Waals surface area contributed by atoms with E-state index < -0.39 is 96.0 Å². The molecule has 4 aliphatic rings. The number of aromatic nitrogens is 1. The summed E-state index contributed by atoms with van der Waals surface area (Å²) < 4.78 is 36.2. The molecule has 22 heteroatoms. The van der Waals surface area contributed by atoms with Gasteiger partial charge in [0, 0.05) is 93.0 Å². The van der Waals surface area contributed by atoms with Crippen LogP contribution in [0.5, 0.6) is 11.5 Å². The molecule has 0 unspecified atom stereocenters. The number of ether oxygens (including phenoxy) is 6. The number of pyridine rings is 1. The minimum atomic E-state index is -2.56. The van der Waals surface area contributed by atoms with Gasteiger partial charge in [0.1, 0.15) is 41.2 Å². The highest BCUT2D eigenvalue weighted by Gasteiger charge is 2.57. The number of allylic oxidation sites excluding steroid dienone is 3.